The summed E-state index contributed by atoms with van der Waals surface area (Å²) in [5.74, 6) is -1.27. The van der Waals surface area contributed by atoms with Crippen LogP contribution in [0.15, 0.2) is 51.8 Å². The van der Waals surface area contributed by atoms with Crippen molar-refractivity contribution < 1.29 is 19.1 Å². The Morgan fingerprint density at radius 1 is 1.00 bits per heavy atom. The van der Waals surface area contributed by atoms with Crippen molar-refractivity contribution in [2.45, 2.75) is 24.9 Å². The SMILES string of the molecule is COC(=O)C1=C(C(=O)OC)[C@@H]2CC[C@H]1[C@@H]1[C@@H]2N=NN1c1ccccc1. The highest BCUT2D eigenvalue weighted by Gasteiger charge is 2.57. The molecule has 2 bridgehead atoms. The minimum Gasteiger partial charge on any atom is -0.466 e. The predicted molar refractivity (Wildman–Crippen MR) is 88.6 cm³/mol. The van der Waals surface area contributed by atoms with Gasteiger partial charge in [0.1, 0.15) is 6.04 Å². The van der Waals surface area contributed by atoms with Crippen molar-refractivity contribution in [1.82, 2.24) is 0 Å². The van der Waals surface area contributed by atoms with Crippen molar-refractivity contribution in [2.24, 2.45) is 22.2 Å². The standard InChI is InChI=1S/C18H19N3O4/c1-24-17(22)13-11-8-9-12(14(13)18(23)25-2)16-15(11)19-20-21(16)10-6-4-3-5-7-10/h3-7,11-12,15-16H,8-9H2,1-2H3/t11-,12+,15+,16+/m0/s1. The van der Waals surface area contributed by atoms with Crippen molar-refractivity contribution in [2.75, 3.05) is 19.2 Å². The lowest BCUT2D eigenvalue weighted by Crippen LogP contribution is -2.55. The van der Waals surface area contributed by atoms with Gasteiger partial charge in [0.2, 0.25) is 0 Å². The molecular weight excluding hydrogens is 322 g/mol. The largest absolute Gasteiger partial charge is 0.466 e. The van der Waals surface area contributed by atoms with Crippen LogP contribution in [0.2, 0.25) is 0 Å². The van der Waals surface area contributed by atoms with E-state index in [1.165, 1.54) is 14.2 Å². The normalized spacial score (nSPS) is 29.6. The van der Waals surface area contributed by atoms with Crippen LogP contribution in [0.1, 0.15) is 12.8 Å². The zero-order chi connectivity index (χ0) is 17.6. The molecule has 1 fully saturated rings. The molecule has 4 aliphatic rings. The van der Waals surface area contributed by atoms with Gasteiger partial charge in [0.15, 0.2) is 0 Å². The Labute approximate surface area is 145 Å². The van der Waals surface area contributed by atoms with E-state index in [1.54, 1.807) is 0 Å². The molecule has 5 rings (SSSR count). The highest BCUT2D eigenvalue weighted by Crippen LogP contribution is 2.52. The van der Waals surface area contributed by atoms with E-state index in [9.17, 15) is 9.59 Å². The summed E-state index contributed by atoms with van der Waals surface area (Å²) in [6.45, 7) is 0. The average Bonchev–Trinajstić information content (AvgIpc) is 3.14. The summed E-state index contributed by atoms with van der Waals surface area (Å²) in [6, 6.07) is 9.52. The smallest absolute Gasteiger partial charge is 0.334 e. The van der Waals surface area contributed by atoms with E-state index in [0.29, 0.717) is 11.1 Å². The Morgan fingerprint density at radius 3 is 2.24 bits per heavy atom. The van der Waals surface area contributed by atoms with Gasteiger partial charge in [0, 0.05) is 11.8 Å². The minimum atomic E-state index is -0.470. The van der Waals surface area contributed by atoms with Crippen molar-refractivity contribution in [3.05, 3.63) is 41.5 Å². The van der Waals surface area contributed by atoms with E-state index in [2.05, 4.69) is 10.3 Å². The first-order valence-corrected chi connectivity index (χ1v) is 8.33. The molecule has 25 heavy (non-hydrogen) atoms. The Bertz CT molecular complexity index is 774. The summed E-state index contributed by atoms with van der Waals surface area (Å²) in [4.78, 5) is 24.8. The number of benzene rings is 1. The van der Waals surface area contributed by atoms with Crippen LogP contribution < -0.4 is 5.01 Å². The molecule has 0 unspecified atom stereocenters. The van der Waals surface area contributed by atoms with Crippen LogP contribution in [-0.2, 0) is 19.1 Å². The van der Waals surface area contributed by atoms with Crippen LogP contribution in [0.3, 0.4) is 0 Å². The fraction of sp³-hybridized carbons (Fsp3) is 0.444. The van der Waals surface area contributed by atoms with E-state index < -0.39 is 11.9 Å². The molecule has 0 amide bonds. The van der Waals surface area contributed by atoms with E-state index >= 15 is 0 Å². The van der Waals surface area contributed by atoms with Gasteiger partial charge in [-0.1, -0.05) is 23.4 Å². The van der Waals surface area contributed by atoms with Crippen LogP contribution in [0.25, 0.3) is 0 Å². The number of carbonyl (C=O) groups is 2. The molecule has 1 saturated carbocycles. The zero-order valence-corrected chi connectivity index (χ0v) is 14.1. The number of fused-ring (bicyclic) bond motifs is 1. The van der Waals surface area contributed by atoms with Gasteiger partial charge in [0.05, 0.1) is 37.1 Å². The summed E-state index contributed by atoms with van der Waals surface area (Å²) >= 11 is 0. The number of hydrogen-bond donors (Lipinski definition) is 0. The number of nitrogens with zero attached hydrogens (tertiary/aromatic N) is 3. The number of anilines is 1. The lowest BCUT2D eigenvalue weighted by molar-refractivity contribution is -0.141. The number of esters is 2. The van der Waals surface area contributed by atoms with Crippen LogP contribution in [0, 0.1) is 11.8 Å². The summed E-state index contributed by atoms with van der Waals surface area (Å²) in [7, 11) is 2.67. The third kappa shape index (κ3) is 2.26. The monoisotopic (exact) mass is 341 g/mol. The van der Waals surface area contributed by atoms with Gasteiger partial charge in [-0.05, 0) is 25.0 Å². The molecule has 0 spiro atoms. The van der Waals surface area contributed by atoms with Crippen LogP contribution in [-0.4, -0.2) is 38.2 Å². The molecule has 1 heterocycles. The molecule has 4 atom stereocenters. The number of hydrogen-bond acceptors (Lipinski definition) is 7. The zero-order valence-electron chi connectivity index (χ0n) is 14.1. The number of ether oxygens (including phenoxy) is 2. The molecule has 0 saturated heterocycles. The van der Waals surface area contributed by atoms with Gasteiger partial charge in [-0.3, -0.25) is 0 Å². The minimum absolute atomic E-state index is 0.0799. The van der Waals surface area contributed by atoms with Gasteiger partial charge in [-0.2, -0.15) is 5.11 Å². The van der Waals surface area contributed by atoms with E-state index in [4.69, 9.17) is 9.47 Å². The first-order chi connectivity index (χ1) is 12.2. The van der Waals surface area contributed by atoms with Crippen molar-refractivity contribution in [3.63, 3.8) is 0 Å². The average molecular weight is 341 g/mol. The molecule has 7 nitrogen and oxygen atoms in total. The molecular formula is C18H19N3O4. The van der Waals surface area contributed by atoms with Crippen LogP contribution >= 0.6 is 0 Å². The second-order valence-electron chi connectivity index (χ2n) is 6.47. The molecule has 3 aliphatic carbocycles. The fourth-order valence-corrected chi connectivity index (χ4v) is 4.39. The van der Waals surface area contributed by atoms with Crippen molar-refractivity contribution in [1.29, 1.82) is 0 Å². The predicted octanol–water partition coefficient (Wildman–Crippen LogP) is 2.29. The highest BCUT2D eigenvalue weighted by atomic mass is 16.5. The number of carbonyl (C=O) groups excluding carboxylic acids is 2. The maximum atomic E-state index is 12.5. The molecule has 0 radical (unpaired) electrons. The molecule has 0 N–H and O–H groups in total. The van der Waals surface area contributed by atoms with E-state index in [-0.39, 0.29) is 23.9 Å². The summed E-state index contributed by atoms with van der Waals surface area (Å²) < 4.78 is 9.91. The second-order valence-corrected chi connectivity index (χ2v) is 6.47. The van der Waals surface area contributed by atoms with Crippen LogP contribution in [0.4, 0.5) is 5.69 Å². The maximum Gasteiger partial charge on any atom is 0.334 e. The Kier molecular flexibility index (Phi) is 3.78. The molecule has 0 aromatic heterocycles. The van der Waals surface area contributed by atoms with Crippen molar-refractivity contribution >= 4 is 17.6 Å². The fourth-order valence-electron chi connectivity index (χ4n) is 4.39. The van der Waals surface area contributed by atoms with E-state index in [1.807, 2.05) is 35.3 Å². The molecule has 1 aromatic rings. The topological polar surface area (TPSA) is 80.6 Å². The van der Waals surface area contributed by atoms with E-state index in [0.717, 1.165) is 18.5 Å². The first-order valence-electron chi connectivity index (χ1n) is 8.33. The summed E-state index contributed by atoms with van der Waals surface area (Å²) in [5.41, 5.74) is 1.77. The molecule has 1 aromatic carbocycles. The van der Waals surface area contributed by atoms with Gasteiger partial charge < -0.3 is 9.47 Å². The third-order valence-corrected chi connectivity index (χ3v) is 5.39. The van der Waals surface area contributed by atoms with Crippen molar-refractivity contribution in [3.8, 4) is 0 Å². The van der Waals surface area contributed by atoms with Gasteiger partial charge in [-0.25, -0.2) is 14.6 Å². The quantitative estimate of drug-likeness (QED) is 0.788. The maximum absolute atomic E-state index is 12.5. The molecule has 7 heteroatoms. The number of methoxy groups -OCH3 is 2. The van der Waals surface area contributed by atoms with Gasteiger partial charge in [-0.15, -0.1) is 0 Å². The molecule has 1 aliphatic heterocycles. The van der Waals surface area contributed by atoms with Crippen LogP contribution in [0.5, 0.6) is 0 Å². The Balaban J connectivity index is 1.80. The Hall–Kier alpha value is -2.70. The second kappa shape index (κ2) is 5.98. The molecule has 130 valence electrons. The summed E-state index contributed by atoms with van der Waals surface area (Å²) in [5, 5.41) is 10.7. The number of para-hydroxylation sites is 1. The van der Waals surface area contributed by atoms with Gasteiger partial charge in [0.25, 0.3) is 0 Å². The first kappa shape index (κ1) is 15.8. The summed E-state index contributed by atoms with van der Waals surface area (Å²) in [6.07, 6.45) is 1.59. The lowest BCUT2D eigenvalue weighted by atomic mass is 9.61. The Morgan fingerprint density at radius 2 is 1.60 bits per heavy atom. The van der Waals surface area contributed by atoms with Gasteiger partial charge >= 0.3 is 11.9 Å². The third-order valence-electron chi connectivity index (χ3n) is 5.39. The lowest BCUT2D eigenvalue weighted by Gasteiger charge is -2.46. The number of rotatable bonds is 3. The highest BCUT2D eigenvalue weighted by molar-refractivity contribution is 6.02.